The Morgan fingerprint density at radius 3 is 2.56 bits per heavy atom. The molecule has 18 heavy (non-hydrogen) atoms. The van der Waals surface area contributed by atoms with E-state index in [-0.39, 0.29) is 0 Å². The molecule has 0 spiro atoms. The Morgan fingerprint density at radius 2 is 1.94 bits per heavy atom. The Morgan fingerprint density at radius 1 is 1.22 bits per heavy atom. The highest BCUT2D eigenvalue weighted by molar-refractivity contribution is 6.59. The number of benzene rings is 1. The maximum Gasteiger partial charge on any atom is 0.488 e. The molecular formula is C14H20BNO2. The molecule has 3 nitrogen and oxygen atoms in total. The highest BCUT2D eigenvalue weighted by atomic mass is 16.4. The Hall–Kier alpha value is -1.10. The second kappa shape index (κ2) is 6.18. The van der Waals surface area contributed by atoms with Gasteiger partial charge in [-0.05, 0) is 42.5 Å². The number of nitrogens with zero attached hydrogens (tertiary/aromatic N) is 1. The Labute approximate surface area is 109 Å². The molecule has 1 aromatic rings. The minimum Gasteiger partial charge on any atom is -0.423 e. The number of rotatable bonds is 4. The van der Waals surface area contributed by atoms with Crippen molar-refractivity contribution in [2.45, 2.75) is 25.8 Å². The molecule has 0 aromatic heterocycles. The number of piperidine rings is 1. The molecule has 0 amide bonds. The number of likely N-dealkylation sites (tertiary alicyclic amines) is 1. The van der Waals surface area contributed by atoms with Crippen LogP contribution in [0.1, 0.15) is 30.4 Å². The van der Waals surface area contributed by atoms with E-state index < -0.39 is 7.12 Å². The number of hydrogen-bond donors (Lipinski definition) is 2. The normalized spacial score (nSPS) is 16.6. The van der Waals surface area contributed by atoms with Gasteiger partial charge in [-0.15, -0.1) is 0 Å². The fourth-order valence-electron chi connectivity index (χ4n) is 2.50. The standard InChI is InChI=1S/C14H20BNO2/c1-2-12-6-7-14(15(17)18)13(10-12)11-16-8-4-3-5-9-16/h2,6-7,10,17-18H,1,3-5,8-9,11H2. The van der Waals surface area contributed by atoms with E-state index in [9.17, 15) is 10.0 Å². The molecule has 1 aliphatic rings. The molecule has 0 unspecified atom stereocenters. The van der Waals surface area contributed by atoms with Gasteiger partial charge in [0.15, 0.2) is 0 Å². The van der Waals surface area contributed by atoms with Crippen molar-refractivity contribution in [2.24, 2.45) is 0 Å². The van der Waals surface area contributed by atoms with Crippen LogP contribution in [0, 0.1) is 0 Å². The van der Waals surface area contributed by atoms with Crippen molar-refractivity contribution >= 4 is 18.7 Å². The van der Waals surface area contributed by atoms with E-state index in [1.54, 1.807) is 12.1 Å². The summed E-state index contributed by atoms with van der Waals surface area (Å²) in [7, 11) is -1.40. The van der Waals surface area contributed by atoms with Gasteiger partial charge in [-0.2, -0.15) is 0 Å². The summed E-state index contributed by atoms with van der Waals surface area (Å²) in [5, 5.41) is 18.8. The van der Waals surface area contributed by atoms with Crippen LogP contribution in [0.4, 0.5) is 0 Å². The molecule has 1 saturated heterocycles. The monoisotopic (exact) mass is 245 g/mol. The Balaban J connectivity index is 2.19. The zero-order valence-corrected chi connectivity index (χ0v) is 10.7. The summed E-state index contributed by atoms with van der Waals surface area (Å²) in [6.45, 7) is 6.73. The van der Waals surface area contributed by atoms with Crippen molar-refractivity contribution in [3.05, 3.63) is 35.9 Å². The van der Waals surface area contributed by atoms with Crippen LogP contribution in [0.25, 0.3) is 6.08 Å². The molecule has 0 aliphatic carbocycles. The molecule has 0 bridgehead atoms. The van der Waals surface area contributed by atoms with Crippen LogP contribution in [0.5, 0.6) is 0 Å². The van der Waals surface area contributed by atoms with Gasteiger partial charge in [0.25, 0.3) is 0 Å². The maximum atomic E-state index is 9.41. The van der Waals surface area contributed by atoms with Gasteiger partial charge >= 0.3 is 7.12 Å². The van der Waals surface area contributed by atoms with Gasteiger partial charge in [0.1, 0.15) is 0 Å². The van der Waals surface area contributed by atoms with E-state index in [4.69, 9.17) is 0 Å². The lowest BCUT2D eigenvalue weighted by atomic mass is 9.76. The van der Waals surface area contributed by atoms with Gasteiger partial charge < -0.3 is 10.0 Å². The van der Waals surface area contributed by atoms with Gasteiger partial charge in [-0.3, -0.25) is 4.90 Å². The molecule has 0 radical (unpaired) electrons. The quantitative estimate of drug-likeness (QED) is 0.777. The predicted octanol–water partition coefficient (Wildman–Crippen LogP) is 0.995. The number of hydrogen-bond acceptors (Lipinski definition) is 3. The van der Waals surface area contributed by atoms with Crippen LogP contribution in [-0.4, -0.2) is 35.2 Å². The molecule has 4 heteroatoms. The zero-order valence-electron chi connectivity index (χ0n) is 10.7. The van der Waals surface area contributed by atoms with Crippen molar-refractivity contribution in [3.8, 4) is 0 Å². The Kier molecular flexibility index (Phi) is 4.58. The summed E-state index contributed by atoms with van der Waals surface area (Å²) in [5.41, 5.74) is 2.61. The fourth-order valence-corrected chi connectivity index (χ4v) is 2.50. The third kappa shape index (κ3) is 3.22. The minimum atomic E-state index is -1.40. The topological polar surface area (TPSA) is 43.7 Å². The average molecular weight is 245 g/mol. The molecule has 1 fully saturated rings. The molecule has 1 aliphatic heterocycles. The van der Waals surface area contributed by atoms with Crippen molar-refractivity contribution in [2.75, 3.05) is 13.1 Å². The summed E-state index contributed by atoms with van der Waals surface area (Å²) in [6.07, 6.45) is 5.56. The predicted molar refractivity (Wildman–Crippen MR) is 75.5 cm³/mol. The third-order valence-corrected chi connectivity index (χ3v) is 3.52. The van der Waals surface area contributed by atoms with Crippen LogP contribution in [0.3, 0.4) is 0 Å². The first-order valence-electron chi connectivity index (χ1n) is 6.54. The van der Waals surface area contributed by atoms with Gasteiger partial charge in [0.05, 0.1) is 0 Å². The van der Waals surface area contributed by atoms with Crippen molar-refractivity contribution in [1.29, 1.82) is 0 Å². The summed E-state index contributed by atoms with van der Waals surface area (Å²) in [4.78, 5) is 2.37. The van der Waals surface area contributed by atoms with Crippen LogP contribution < -0.4 is 5.46 Å². The summed E-state index contributed by atoms with van der Waals surface area (Å²) < 4.78 is 0. The summed E-state index contributed by atoms with van der Waals surface area (Å²) in [6, 6.07) is 5.64. The highest BCUT2D eigenvalue weighted by Crippen LogP contribution is 2.13. The summed E-state index contributed by atoms with van der Waals surface area (Å²) in [5.74, 6) is 0. The van der Waals surface area contributed by atoms with Crippen molar-refractivity contribution < 1.29 is 10.0 Å². The molecule has 2 rings (SSSR count). The van der Waals surface area contributed by atoms with Crippen molar-refractivity contribution in [1.82, 2.24) is 4.90 Å². The highest BCUT2D eigenvalue weighted by Gasteiger charge is 2.18. The van der Waals surface area contributed by atoms with E-state index in [0.29, 0.717) is 5.46 Å². The van der Waals surface area contributed by atoms with E-state index in [0.717, 1.165) is 30.8 Å². The molecule has 0 saturated carbocycles. The lowest BCUT2D eigenvalue weighted by Crippen LogP contribution is -2.37. The first-order chi connectivity index (χ1) is 8.70. The van der Waals surface area contributed by atoms with Gasteiger partial charge in [-0.1, -0.05) is 37.3 Å². The van der Waals surface area contributed by atoms with E-state index in [1.165, 1.54) is 19.3 Å². The first kappa shape index (κ1) is 13.3. The van der Waals surface area contributed by atoms with Gasteiger partial charge in [-0.25, -0.2) is 0 Å². The second-order valence-corrected chi connectivity index (χ2v) is 4.87. The second-order valence-electron chi connectivity index (χ2n) is 4.87. The van der Waals surface area contributed by atoms with E-state index in [2.05, 4.69) is 11.5 Å². The molecule has 1 aromatic carbocycles. The largest absolute Gasteiger partial charge is 0.488 e. The smallest absolute Gasteiger partial charge is 0.423 e. The summed E-state index contributed by atoms with van der Waals surface area (Å²) >= 11 is 0. The fraction of sp³-hybridized carbons (Fsp3) is 0.429. The van der Waals surface area contributed by atoms with Crippen LogP contribution in [-0.2, 0) is 6.54 Å². The molecule has 96 valence electrons. The Bertz CT molecular complexity index is 414. The van der Waals surface area contributed by atoms with E-state index >= 15 is 0 Å². The zero-order chi connectivity index (χ0) is 13.0. The van der Waals surface area contributed by atoms with Crippen molar-refractivity contribution in [3.63, 3.8) is 0 Å². The van der Waals surface area contributed by atoms with Gasteiger partial charge in [0.2, 0.25) is 0 Å². The van der Waals surface area contributed by atoms with Crippen LogP contribution in [0.2, 0.25) is 0 Å². The van der Waals surface area contributed by atoms with Crippen LogP contribution in [0.15, 0.2) is 24.8 Å². The molecule has 1 heterocycles. The molecule has 0 atom stereocenters. The molecular weight excluding hydrogens is 225 g/mol. The van der Waals surface area contributed by atoms with Gasteiger partial charge in [0, 0.05) is 6.54 Å². The van der Waals surface area contributed by atoms with E-state index in [1.807, 2.05) is 12.1 Å². The average Bonchev–Trinajstić information content (AvgIpc) is 2.39. The maximum absolute atomic E-state index is 9.41. The third-order valence-electron chi connectivity index (χ3n) is 3.52. The van der Waals surface area contributed by atoms with Crippen LogP contribution >= 0.6 is 0 Å². The first-order valence-corrected chi connectivity index (χ1v) is 6.54. The lowest BCUT2D eigenvalue weighted by Gasteiger charge is -2.27. The lowest BCUT2D eigenvalue weighted by molar-refractivity contribution is 0.221. The minimum absolute atomic E-state index is 0.603. The SMILES string of the molecule is C=Cc1ccc(B(O)O)c(CN2CCCCC2)c1. The molecule has 2 N–H and O–H groups in total.